The second-order valence-electron chi connectivity index (χ2n) is 17.4. The van der Waals surface area contributed by atoms with Gasteiger partial charge in [0.25, 0.3) is 0 Å². The van der Waals surface area contributed by atoms with Crippen LogP contribution in [0.4, 0.5) is 0 Å². The topological polar surface area (TPSA) is 0 Å². The second kappa shape index (κ2) is 14.0. The molecule has 6 aliphatic carbocycles. The highest BCUT2D eigenvalue weighted by Gasteiger charge is 2.60. The normalized spacial score (nSPS) is 49.4. The molecule has 0 aromatic rings. The maximum Gasteiger partial charge on any atom is -0.0318 e. The molecule has 13 unspecified atom stereocenters. The van der Waals surface area contributed by atoms with Crippen LogP contribution in [0.5, 0.6) is 0 Å². The first-order valence-corrected chi connectivity index (χ1v) is 20.1. The minimum absolute atomic E-state index is 0.976. The Morgan fingerprint density at radius 1 is 0.537 bits per heavy atom. The van der Waals surface area contributed by atoms with E-state index >= 15 is 0 Å². The summed E-state index contributed by atoms with van der Waals surface area (Å²) in [7, 11) is 0. The summed E-state index contributed by atoms with van der Waals surface area (Å²) in [6, 6.07) is 0. The minimum atomic E-state index is 0.976. The molecule has 0 aromatic heterocycles. The van der Waals surface area contributed by atoms with Gasteiger partial charge in [-0.05, 0) is 134 Å². The van der Waals surface area contributed by atoms with Crippen molar-refractivity contribution in [3.63, 3.8) is 0 Å². The summed E-state index contributed by atoms with van der Waals surface area (Å²) in [5.74, 6) is 15.9. The first-order valence-electron chi connectivity index (χ1n) is 20.1. The molecule has 13 atom stereocenters. The summed E-state index contributed by atoms with van der Waals surface area (Å²) >= 11 is 0. The maximum atomic E-state index is 2.73. The number of fused-ring (bicyclic) bond motifs is 3. The molecule has 0 heteroatoms. The summed E-state index contributed by atoms with van der Waals surface area (Å²) in [4.78, 5) is 0. The van der Waals surface area contributed by atoms with Crippen molar-refractivity contribution in [2.24, 2.45) is 88.8 Å². The third-order valence-corrected chi connectivity index (χ3v) is 15.7. The van der Waals surface area contributed by atoms with Gasteiger partial charge in [-0.15, -0.1) is 0 Å². The van der Waals surface area contributed by atoms with Crippen LogP contribution in [-0.4, -0.2) is 0 Å². The Morgan fingerprint density at radius 2 is 1.02 bits per heavy atom. The van der Waals surface area contributed by atoms with Gasteiger partial charge in [0, 0.05) is 0 Å². The van der Waals surface area contributed by atoms with Crippen molar-refractivity contribution in [2.45, 2.75) is 169 Å². The Hall–Kier alpha value is 0. The smallest absolute Gasteiger partial charge is 0.0318 e. The van der Waals surface area contributed by atoms with E-state index in [9.17, 15) is 0 Å². The van der Waals surface area contributed by atoms with Crippen molar-refractivity contribution in [1.29, 1.82) is 0 Å². The lowest BCUT2D eigenvalue weighted by Gasteiger charge is -2.65. The van der Waals surface area contributed by atoms with E-state index in [2.05, 4.69) is 34.6 Å². The molecule has 0 radical (unpaired) electrons. The van der Waals surface area contributed by atoms with E-state index in [1.807, 2.05) is 0 Å². The zero-order valence-corrected chi connectivity index (χ0v) is 28.5. The largest absolute Gasteiger partial charge is 0.0654 e. The molecule has 6 saturated carbocycles. The first-order chi connectivity index (χ1) is 20.1. The Kier molecular flexibility index (Phi) is 10.6. The molecule has 6 rings (SSSR count). The fourth-order valence-corrected chi connectivity index (χ4v) is 14.7. The maximum absolute atomic E-state index is 2.73. The van der Waals surface area contributed by atoms with Gasteiger partial charge in [-0.25, -0.2) is 0 Å². The second-order valence-corrected chi connectivity index (χ2v) is 17.4. The van der Waals surface area contributed by atoms with Crippen molar-refractivity contribution in [3.05, 3.63) is 0 Å². The number of unbranched alkanes of at least 4 members (excludes halogenated alkanes) is 1. The molecule has 0 aromatic carbocycles. The van der Waals surface area contributed by atoms with Crippen LogP contribution in [0.2, 0.25) is 0 Å². The number of rotatable bonds is 8. The highest BCUT2D eigenvalue weighted by Crippen LogP contribution is 2.67. The Morgan fingerprint density at radius 3 is 1.54 bits per heavy atom. The van der Waals surface area contributed by atoms with Gasteiger partial charge in [0.05, 0.1) is 0 Å². The fraction of sp³-hybridized carbons (Fsp3) is 1.00. The van der Waals surface area contributed by atoms with Crippen LogP contribution in [0, 0.1) is 88.8 Å². The standard InChI is InChI=1S/C41H72/c1-6-9-18-28(5)38-32-20-10-13-23-35(32)41(36-24-14-11-21-33(36)38)40-31(8-3)30(7-2)39(29-19-16-17-27(4)26-29)34-22-12-15-25-37(34)40/h27-41H,6-26H2,1-5H3. The molecule has 0 bridgehead atoms. The molecule has 0 aliphatic heterocycles. The monoisotopic (exact) mass is 565 g/mol. The van der Waals surface area contributed by atoms with Gasteiger partial charge in [0.1, 0.15) is 0 Å². The van der Waals surface area contributed by atoms with Gasteiger partial charge in [0.15, 0.2) is 0 Å². The predicted octanol–water partition coefficient (Wildman–Crippen LogP) is 12.6. The van der Waals surface area contributed by atoms with Crippen LogP contribution in [-0.2, 0) is 0 Å². The van der Waals surface area contributed by atoms with Crippen LogP contribution in [0.3, 0.4) is 0 Å². The van der Waals surface area contributed by atoms with Crippen molar-refractivity contribution in [2.75, 3.05) is 0 Å². The molecular formula is C41H72. The number of hydrogen-bond acceptors (Lipinski definition) is 0. The number of hydrogen-bond donors (Lipinski definition) is 0. The van der Waals surface area contributed by atoms with Crippen molar-refractivity contribution >= 4 is 0 Å². The molecule has 236 valence electrons. The zero-order valence-electron chi connectivity index (χ0n) is 28.5. The summed E-state index contributed by atoms with van der Waals surface area (Å²) in [6.45, 7) is 13.1. The summed E-state index contributed by atoms with van der Waals surface area (Å²) in [6.07, 6.45) is 32.5. The van der Waals surface area contributed by atoms with Gasteiger partial charge in [0.2, 0.25) is 0 Å². The molecule has 0 heterocycles. The minimum Gasteiger partial charge on any atom is -0.0654 e. The molecule has 0 saturated heterocycles. The lowest BCUT2D eigenvalue weighted by atomic mass is 9.40. The van der Waals surface area contributed by atoms with E-state index in [1.165, 1.54) is 44.9 Å². The molecular weight excluding hydrogens is 492 g/mol. The first kappa shape index (κ1) is 31.0. The molecule has 0 amide bonds. The van der Waals surface area contributed by atoms with Gasteiger partial charge >= 0.3 is 0 Å². The Labute approximate surface area is 257 Å². The average molecular weight is 565 g/mol. The van der Waals surface area contributed by atoms with Crippen LogP contribution in [0.25, 0.3) is 0 Å². The third-order valence-electron chi connectivity index (χ3n) is 15.7. The van der Waals surface area contributed by atoms with Crippen molar-refractivity contribution < 1.29 is 0 Å². The highest BCUT2D eigenvalue weighted by atomic mass is 14.6. The van der Waals surface area contributed by atoms with E-state index in [0.717, 1.165) is 88.8 Å². The van der Waals surface area contributed by atoms with E-state index in [0.29, 0.717) is 0 Å². The molecule has 6 aliphatic rings. The zero-order chi connectivity index (χ0) is 28.5. The fourth-order valence-electron chi connectivity index (χ4n) is 14.7. The van der Waals surface area contributed by atoms with Gasteiger partial charge in [-0.2, -0.15) is 0 Å². The quantitative estimate of drug-likeness (QED) is 0.275. The van der Waals surface area contributed by atoms with E-state index in [4.69, 9.17) is 0 Å². The summed E-state index contributed by atoms with van der Waals surface area (Å²) in [5, 5.41) is 0. The summed E-state index contributed by atoms with van der Waals surface area (Å²) in [5.41, 5.74) is 0. The Bertz CT molecular complexity index is 766. The molecule has 41 heavy (non-hydrogen) atoms. The lowest BCUT2D eigenvalue weighted by Crippen LogP contribution is -2.59. The third kappa shape index (κ3) is 5.89. The van der Waals surface area contributed by atoms with Gasteiger partial charge < -0.3 is 0 Å². The van der Waals surface area contributed by atoms with Crippen LogP contribution < -0.4 is 0 Å². The molecule has 0 nitrogen and oxygen atoms in total. The predicted molar refractivity (Wildman–Crippen MR) is 178 cm³/mol. The molecule has 0 spiro atoms. The SMILES string of the molecule is CCCCC(C)C1C2CCCCC2C(C2C(CC)C(CC)C(C3CCCC(C)C3)C3CCCCC32)C2CCCCC21. The van der Waals surface area contributed by atoms with Crippen molar-refractivity contribution in [1.82, 2.24) is 0 Å². The van der Waals surface area contributed by atoms with Crippen LogP contribution >= 0.6 is 0 Å². The van der Waals surface area contributed by atoms with E-state index < -0.39 is 0 Å². The van der Waals surface area contributed by atoms with Gasteiger partial charge in [-0.3, -0.25) is 0 Å². The van der Waals surface area contributed by atoms with E-state index in [1.54, 1.807) is 89.9 Å². The van der Waals surface area contributed by atoms with Crippen LogP contribution in [0.15, 0.2) is 0 Å². The summed E-state index contributed by atoms with van der Waals surface area (Å²) < 4.78 is 0. The highest BCUT2D eigenvalue weighted by molar-refractivity contribution is 5.08. The average Bonchev–Trinajstić information content (AvgIpc) is 3.01. The van der Waals surface area contributed by atoms with E-state index in [-0.39, 0.29) is 0 Å². The van der Waals surface area contributed by atoms with Gasteiger partial charge in [-0.1, -0.05) is 125 Å². The van der Waals surface area contributed by atoms with Crippen molar-refractivity contribution in [3.8, 4) is 0 Å². The lowest BCUT2D eigenvalue weighted by molar-refractivity contribution is -0.166. The Balaban J connectivity index is 1.38. The molecule has 6 fully saturated rings. The molecule has 0 N–H and O–H groups in total. The van der Waals surface area contributed by atoms with Crippen LogP contribution in [0.1, 0.15) is 169 Å².